The fourth-order valence-electron chi connectivity index (χ4n) is 3.82. The van der Waals surface area contributed by atoms with Crippen LogP contribution in [0, 0.1) is 5.92 Å². The van der Waals surface area contributed by atoms with E-state index in [1.807, 2.05) is 42.5 Å². The van der Waals surface area contributed by atoms with Crippen LogP contribution in [0.3, 0.4) is 0 Å². The van der Waals surface area contributed by atoms with Gasteiger partial charge in [0.1, 0.15) is 0 Å². The van der Waals surface area contributed by atoms with Crippen LogP contribution in [0.25, 0.3) is 0 Å². The van der Waals surface area contributed by atoms with Gasteiger partial charge in [-0.1, -0.05) is 48.6 Å². The molecule has 0 aromatic rings. The number of fused-ring (bicyclic) bond motifs is 5. The highest BCUT2D eigenvalue weighted by molar-refractivity contribution is 6.23. The number of rotatable bonds is 0. The Kier molecular flexibility index (Phi) is 2.06. The maximum Gasteiger partial charge on any atom is 0.259 e. The third-order valence-corrected chi connectivity index (χ3v) is 4.71. The molecule has 2 N–H and O–H groups in total. The molecule has 106 valence electrons. The van der Waals surface area contributed by atoms with Gasteiger partial charge in [-0.2, -0.15) is 0 Å². The van der Waals surface area contributed by atoms with Gasteiger partial charge >= 0.3 is 0 Å². The molecular weight excluding hydrogens is 276 g/mol. The number of hydrogen-bond acceptors (Lipinski definition) is 3. The van der Waals surface area contributed by atoms with E-state index >= 15 is 0 Å². The molecule has 2 atom stereocenters. The summed E-state index contributed by atoms with van der Waals surface area (Å²) >= 11 is 0. The van der Waals surface area contributed by atoms with Gasteiger partial charge in [0.15, 0.2) is 0 Å². The van der Waals surface area contributed by atoms with Gasteiger partial charge in [-0.25, -0.2) is 0 Å². The van der Waals surface area contributed by atoms with E-state index < -0.39 is 0 Å². The second-order valence-corrected chi connectivity index (χ2v) is 5.82. The Morgan fingerprint density at radius 3 is 2.45 bits per heavy atom. The minimum absolute atomic E-state index is 0.0674. The molecule has 5 aliphatic rings. The predicted octanol–water partition coefficient (Wildman–Crippen LogP) is 1.34. The molecule has 0 saturated carbocycles. The lowest BCUT2D eigenvalue weighted by Gasteiger charge is -2.26. The van der Waals surface area contributed by atoms with E-state index in [0.29, 0.717) is 11.1 Å². The van der Waals surface area contributed by atoms with E-state index in [-0.39, 0.29) is 23.8 Å². The standard InChI is InChI=1S/C18H12N2O2/c21-17-14-9-5-1-2-6-10(9)16-13(15(14)18(22)20-17)11-7-3-4-8-12(11)19-16/h1-9,12,19H,(H,20,21,22). The highest BCUT2D eigenvalue weighted by Gasteiger charge is 2.46. The number of carbonyl (C=O) groups is 2. The fourth-order valence-corrected chi connectivity index (χ4v) is 3.82. The number of carbonyl (C=O) groups excluding carboxylic acids is 2. The molecule has 2 unspecified atom stereocenters. The van der Waals surface area contributed by atoms with Crippen LogP contribution in [0.2, 0.25) is 0 Å². The van der Waals surface area contributed by atoms with Crippen molar-refractivity contribution in [1.29, 1.82) is 0 Å². The van der Waals surface area contributed by atoms with Gasteiger partial charge in [-0.05, 0) is 11.1 Å². The topological polar surface area (TPSA) is 58.2 Å². The van der Waals surface area contributed by atoms with Crippen molar-refractivity contribution in [3.05, 3.63) is 82.2 Å². The van der Waals surface area contributed by atoms with Crippen molar-refractivity contribution >= 4 is 11.8 Å². The Morgan fingerprint density at radius 1 is 0.818 bits per heavy atom. The minimum atomic E-state index is -0.285. The van der Waals surface area contributed by atoms with Crippen molar-refractivity contribution < 1.29 is 9.59 Å². The summed E-state index contributed by atoms with van der Waals surface area (Å²) in [4.78, 5) is 24.6. The summed E-state index contributed by atoms with van der Waals surface area (Å²) in [7, 11) is 0. The molecule has 0 aromatic carbocycles. The Bertz CT molecular complexity index is 875. The molecule has 2 heterocycles. The first-order chi connectivity index (χ1) is 10.8. The second-order valence-electron chi connectivity index (χ2n) is 5.82. The SMILES string of the molecule is O=C1NC(=O)C2=C1C1=C3C=CC=CC3NC1=C1C=CC=CC12. The van der Waals surface area contributed by atoms with E-state index in [1.54, 1.807) is 0 Å². The lowest BCUT2D eigenvalue weighted by atomic mass is 9.76. The molecule has 0 bridgehead atoms. The van der Waals surface area contributed by atoms with Crippen molar-refractivity contribution in [3.8, 4) is 0 Å². The number of hydrogen-bond donors (Lipinski definition) is 2. The average molecular weight is 288 g/mol. The first kappa shape index (κ1) is 11.7. The van der Waals surface area contributed by atoms with Gasteiger partial charge < -0.3 is 5.32 Å². The van der Waals surface area contributed by atoms with Crippen LogP contribution >= 0.6 is 0 Å². The van der Waals surface area contributed by atoms with Crippen molar-refractivity contribution in [3.63, 3.8) is 0 Å². The maximum absolute atomic E-state index is 12.4. The highest BCUT2D eigenvalue weighted by atomic mass is 16.2. The Labute approximate surface area is 127 Å². The monoisotopic (exact) mass is 288 g/mol. The Morgan fingerprint density at radius 2 is 1.59 bits per heavy atom. The van der Waals surface area contributed by atoms with Crippen molar-refractivity contribution in [1.82, 2.24) is 10.6 Å². The average Bonchev–Trinajstić information content (AvgIpc) is 3.05. The summed E-state index contributed by atoms with van der Waals surface area (Å²) in [5.41, 5.74) is 5.10. The van der Waals surface area contributed by atoms with E-state index in [1.165, 1.54) is 0 Å². The Hall–Kier alpha value is -2.88. The zero-order chi connectivity index (χ0) is 14.8. The smallest absolute Gasteiger partial charge is 0.259 e. The van der Waals surface area contributed by atoms with Crippen LogP contribution in [0.4, 0.5) is 0 Å². The Balaban J connectivity index is 1.86. The number of nitrogens with one attached hydrogen (secondary N) is 2. The van der Waals surface area contributed by atoms with Gasteiger partial charge in [0.2, 0.25) is 0 Å². The van der Waals surface area contributed by atoms with Gasteiger partial charge in [-0.15, -0.1) is 0 Å². The van der Waals surface area contributed by atoms with Crippen LogP contribution in [0.5, 0.6) is 0 Å². The minimum Gasteiger partial charge on any atom is -0.374 e. The summed E-state index contributed by atoms with van der Waals surface area (Å²) < 4.78 is 0. The molecule has 0 aromatic heterocycles. The number of allylic oxidation sites excluding steroid dienone is 8. The fraction of sp³-hybridized carbons (Fsp3) is 0.111. The molecule has 0 saturated heterocycles. The predicted molar refractivity (Wildman–Crippen MR) is 81.2 cm³/mol. The summed E-state index contributed by atoms with van der Waals surface area (Å²) in [5.74, 6) is -0.702. The molecule has 4 nitrogen and oxygen atoms in total. The normalized spacial score (nSPS) is 30.4. The van der Waals surface area contributed by atoms with Crippen molar-refractivity contribution in [2.45, 2.75) is 6.04 Å². The summed E-state index contributed by atoms with van der Waals surface area (Å²) in [5, 5.41) is 5.96. The number of amides is 2. The van der Waals surface area contributed by atoms with E-state index in [2.05, 4.69) is 16.7 Å². The third-order valence-electron chi connectivity index (χ3n) is 4.71. The lowest BCUT2D eigenvalue weighted by molar-refractivity contribution is -0.124. The molecule has 5 rings (SSSR count). The zero-order valence-electron chi connectivity index (χ0n) is 11.6. The van der Waals surface area contributed by atoms with Crippen molar-refractivity contribution in [2.75, 3.05) is 0 Å². The molecule has 2 aliphatic heterocycles. The third kappa shape index (κ3) is 1.27. The zero-order valence-corrected chi connectivity index (χ0v) is 11.6. The summed E-state index contributed by atoms with van der Waals surface area (Å²) in [6.07, 6.45) is 15.9. The molecule has 2 amide bonds. The number of imide groups is 1. The van der Waals surface area contributed by atoms with Gasteiger partial charge in [-0.3, -0.25) is 14.9 Å². The van der Waals surface area contributed by atoms with E-state index in [9.17, 15) is 9.59 Å². The summed E-state index contributed by atoms with van der Waals surface area (Å²) in [6, 6.07) is 0.0674. The second kappa shape index (κ2) is 3.85. The summed E-state index contributed by atoms with van der Waals surface area (Å²) in [6.45, 7) is 0. The molecular formula is C18H12N2O2. The van der Waals surface area contributed by atoms with Crippen LogP contribution in [0.1, 0.15) is 0 Å². The van der Waals surface area contributed by atoms with Gasteiger partial charge in [0.25, 0.3) is 11.8 Å². The van der Waals surface area contributed by atoms with Gasteiger partial charge in [0.05, 0.1) is 11.6 Å². The quantitative estimate of drug-likeness (QED) is 0.661. The van der Waals surface area contributed by atoms with Crippen LogP contribution in [-0.4, -0.2) is 17.9 Å². The van der Waals surface area contributed by atoms with Gasteiger partial charge in [0, 0.05) is 22.8 Å². The van der Waals surface area contributed by atoms with Crippen molar-refractivity contribution in [2.24, 2.45) is 5.92 Å². The van der Waals surface area contributed by atoms with Crippen LogP contribution in [-0.2, 0) is 9.59 Å². The first-order valence-corrected chi connectivity index (χ1v) is 7.31. The van der Waals surface area contributed by atoms with Crippen LogP contribution in [0.15, 0.2) is 82.2 Å². The molecule has 0 radical (unpaired) electrons. The molecule has 3 aliphatic carbocycles. The molecule has 4 heteroatoms. The van der Waals surface area contributed by atoms with Crippen LogP contribution < -0.4 is 10.6 Å². The lowest BCUT2D eigenvalue weighted by Crippen LogP contribution is -2.27. The largest absolute Gasteiger partial charge is 0.374 e. The highest BCUT2D eigenvalue weighted by Crippen LogP contribution is 2.47. The molecule has 0 fully saturated rings. The molecule has 22 heavy (non-hydrogen) atoms. The maximum atomic E-state index is 12.4. The van der Waals surface area contributed by atoms with E-state index in [4.69, 9.17) is 0 Å². The first-order valence-electron chi connectivity index (χ1n) is 7.31. The molecule has 0 spiro atoms. The van der Waals surface area contributed by atoms with E-state index in [0.717, 1.165) is 22.4 Å².